The van der Waals surface area contributed by atoms with Gasteiger partial charge in [-0.05, 0) is 209 Å². The molecule has 5 nitrogen and oxygen atoms in total. The van der Waals surface area contributed by atoms with Crippen LogP contribution in [-0.4, -0.2) is 11.3 Å². The molecule has 10 aromatic carbocycles. The predicted molar refractivity (Wildman–Crippen MR) is 364 cm³/mol. The maximum atomic E-state index is 6.57. The summed E-state index contributed by atoms with van der Waals surface area (Å²) in [5, 5.41) is 3.58. The van der Waals surface area contributed by atoms with Gasteiger partial charge in [0.1, 0.15) is 11.3 Å². The van der Waals surface area contributed by atoms with Crippen LogP contribution in [0.25, 0.3) is 49.8 Å². The van der Waals surface area contributed by atoms with Gasteiger partial charge in [-0.15, -0.1) is 0 Å². The second-order valence-electron chi connectivity index (χ2n) is 27.4. The molecule has 0 aliphatic carbocycles. The van der Waals surface area contributed by atoms with Crippen molar-refractivity contribution in [3.05, 3.63) is 245 Å². The van der Waals surface area contributed by atoms with E-state index in [0.29, 0.717) is 0 Å². The number of hydrogen-bond donors (Lipinski definition) is 0. The standard InChI is InChI=1S/C79H75BN4O/c1-48-38-70-75-71(39-48)84(61-42-49(2)74(50(3)43-61)73-44-53-22-18-21-27-72(53)85-73)67-37-30-55(78(9,10)11)45-65(67)80(75)64-36-34-60(47-69(64)83(70)58-31-28-54(29-32-58)77(6,7)8)81(76-51(4)40-56(41-52(76)5)79(12,13)14)59-33-35-63-62-25-19-20-26-66(62)82(68(63)46-59)57-23-16-15-17-24-57/h15-47H,1-14H3. The molecule has 14 rings (SSSR count). The van der Waals surface area contributed by atoms with Gasteiger partial charge in [-0.25, -0.2) is 0 Å². The first-order chi connectivity index (χ1) is 40.6. The smallest absolute Gasteiger partial charge is 0.252 e. The van der Waals surface area contributed by atoms with Crippen molar-refractivity contribution in [3.8, 4) is 17.0 Å². The molecule has 0 unspecified atom stereocenters. The highest BCUT2D eigenvalue weighted by atomic mass is 16.3. The molecule has 0 amide bonds. The van der Waals surface area contributed by atoms with Crippen LogP contribution in [0.2, 0.25) is 0 Å². The number of fused-ring (bicyclic) bond motifs is 8. The molecule has 85 heavy (non-hydrogen) atoms. The number of aryl methyl sites for hydroxylation is 5. The molecule has 0 bridgehead atoms. The number of hydrogen-bond acceptors (Lipinski definition) is 4. The Morgan fingerprint density at radius 3 is 1.66 bits per heavy atom. The third-order valence-electron chi connectivity index (χ3n) is 18.3. The van der Waals surface area contributed by atoms with Crippen LogP contribution in [0, 0.1) is 34.6 Å². The second kappa shape index (κ2) is 19.5. The molecule has 0 saturated carbocycles. The zero-order chi connectivity index (χ0) is 59.2. The summed E-state index contributed by atoms with van der Waals surface area (Å²) in [4.78, 5) is 7.70. The van der Waals surface area contributed by atoms with Crippen molar-refractivity contribution >= 4 is 107 Å². The van der Waals surface area contributed by atoms with E-state index >= 15 is 0 Å². The topological polar surface area (TPSA) is 27.8 Å². The first-order valence-corrected chi connectivity index (χ1v) is 30.3. The minimum absolute atomic E-state index is 0.0175. The average molecular weight is 1110 g/mol. The molecule has 0 saturated heterocycles. The lowest BCUT2D eigenvalue weighted by Crippen LogP contribution is -2.61. The second-order valence-corrected chi connectivity index (χ2v) is 27.4. The molecule has 0 radical (unpaired) electrons. The highest BCUT2D eigenvalue weighted by Crippen LogP contribution is 2.50. The highest BCUT2D eigenvalue weighted by molar-refractivity contribution is 7.00. The summed E-state index contributed by atoms with van der Waals surface area (Å²) >= 11 is 0. The van der Waals surface area contributed by atoms with Gasteiger partial charge < -0.3 is 23.7 Å². The third-order valence-corrected chi connectivity index (χ3v) is 18.3. The van der Waals surface area contributed by atoms with Gasteiger partial charge in [0.25, 0.3) is 6.71 Å². The number of nitrogens with zero attached hydrogens (tertiary/aromatic N) is 4. The summed E-state index contributed by atoms with van der Waals surface area (Å²) in [5.74, 6) is 0.899. The molecule has 6 heteroatoms. The Bertz CT molecular complexity index is 4590. The highest BCUT2D eigenvalue weighted by Gasteiger charge is 2.44. The largest absolute Gasteiger partial charge is 0.456 e. The lowest BCUT2D eigenvalue weighted by atomic mass is 9.33. The van der Waals surface area contributed by atoms with Crippen LogP contribution in [-0.2, 0) is 16.2 Å². The van der Waals surface area contributed by atoms with E-state index in [1.807, 2.05) is 6.07 Å². The SMILES string of the molecule is Cc1cc2c3c(c1)N(c1ccc(C(C)(C)C)cc1)c1cc(N(c4ccc5c6ccccc6n(-c6ccccc6)c5c4)c4c(C)cc(C(C)(C)C)cc4C)ccc1B3c1cc(C(C)(C)C)ccc1N2c1cc(C)c(-c2cc3ccccc3o2)c(C)c1. The lowest BCUT2D eigenvalue weighted by Gasteiger charge is -2.45. The number of benzene rings is 10. The molecule has 0 N–H and O–H groups in total. The molecule has 2 aliphatic rings. The van der Waals surface area contributed by atoms with Crippen molar-refractivity contribution in [2.75, 3.05) is 14.7 Å². The molecule has 2 aromatic heterocycles. The summed E-state index contributed by atoms with van der Waals surface area (Å²) < 4.78 is 9.01. The summed E-state index contributed by atoms with van der Waals surface area (Å²) in [5.41, 5.74) is 29.7. The normalized spacial score (nSPS) is 13.2. The fraction of sp³-hybridized carbons (Fsp3) is 0.215. The van der Waals surface area contributed by atoms with E-state index < -0.39 is 0 Å². The Morgan fingerprint density at radius 1 is 0.400 bits per heavy atom. The van der Waals surface area contributed by atoms with E-state index in [1.165, 1.54) is 111 Å². The Morgan fingerprint density at radius 2 is 0.988 bits per heavy atom. The average Bonchev–Trinajstić information content (AvgIpc) is 1.39. The minimum atomic E-state index is -0.0913. The quantitative estimate of drug-likeness (QED) is 0.149. The van der Waals surface area contributed by atoms with E-state index in [0.717, 1.165) is 50.7 Å². The Balaban J connectivity index is 1.03. The molecule has 4 heterocycles. The van der Waals surface area contributed by atoms with Gasteiger partial charge in [-0.3, -0.25) is 0 Å². The summed E-state index contributed by atoms with van der Waals surface area (Å²) in [6.07, 6.45) is 0. The van der Waals surface area contributed by atoms with Crippen molar-refractivity contribution in [1.82, 2.24) is 4.57 Å². The molecule has 0 atom stereocenters. The van der Waals surface area contributed by atoms with E-state index in [1.54, 1.807) is 0 Å². The van der Waals surface area contributed by atoms with Crippen molar-refractivity contribution in [3.63, 3.8) is 0 Å². The van der Waals surface area contributed by atoms with Gasteiger partial charge >= 0.3 is 0 Å². The van der Waals surface area contributed by atoms with Crippen LogP contribution in [0.1, 0.15) is 107 Å². The van der Waals surface area contributed by atoms with Crippen LogP contribution in [0.5, 0.6) is 0 Å². The molecule has 12 aromatic rings. The van der Waals surface area contributed by atoms with E-state index in [9.17, 15) is 0 Å². The van der Waals surface area contributed by atoms with Crippen LogP contribution >= 0.6 is 0 Å². The Labute approximate surface area is 502 Å². The van der Waals surface area contributed by atoms with Gasteiger partial charge in [-0.2, -0.15) is 0 Å². The van der Waals surface area contributed by atoms with Crippen molar-refractivity contribution < 1.29 is 4.42 Å². The monoisotopic (exact) mass is 1110 g/mol. The summed E-state index contributed by atoms with van der Waals surface area (Å²) in [6.45, 7) is 32.2. The van der Waals surface area contributed by atoms with Gasteiger partial charge in [0.15, 0.2) is 0 Å². The van der Waals surface area contributed by atoms with Crippen LogP contribution < -0.4 is 31.1 Å². The Kier molecular flexibility index (Phi) is 12.4. The van der Waals surface area contributed by atoms with Gasteiger partial charge in [-0.1, -0.05) is 165 Å². The van der Waals surface area contributed by atoms with Gasteiger partial charge in [0.2, 0.25) is 0 Å². The van der Waals surface area contributed by atoms with Gasteiger partial charge in [0, 0.05) is 72.9 Å². The first kappa shape index (κ1) is 54.0. The predicted octanol–water partition coefficient (Wildman–Crippen LogP) is 20.2. The molecule has 2 aliphatic heterocycles. The number of furan rings is 1. The van der Waals surface area contributed by atoms with Crippen LogP contribution in [0.3, 0.4) is 0 Å². The van der Waals surface area contributed by atoms with Crippen molar-refractivity contribution in [2.24, 2.45) is 0 Å². The maximum Gasteiger partial charge on any atom is 0.252 e. The maximum absolute atomic E-state index is 6.57. The Hall–Kier alpha value is -9.00. The number of rotatable bonds is 7. The zero-order valence-corrected chi connectivity index (χ0v) is 51.8. The fourth-order valence-corrected chi connectivity index (χ4v) is 14.1. The summed E-state index contributed by atoms with van der Waals surface area (Å²) in [6, 6.07) is 75.9. The van der Waals surface area contributed by atoms with E-state index in [2.05, 4.69) is 310 Å². The zero-order valence-electron chi connectivity index (χ0n) is 51.8. The lowest BCUT2D eigenvalue weighted by molar-refractivity contribution is 0.589. The molecular formula is C79H75BN4O. The molecular weight excluding hydrogens is 1030 g/mol. The number of para-hydroxylation sites is 3. The minimum Gasteiger partial charge on any atom is -0.456 e. The van der Waals surface area contributed by atoms with E-state index in [4.69, 9.17) is 4.42 Å². The van der Waals surface area contributed by atoms with Crippen molar-refractivity contribution in [1.29, 1.82) is 0 Å². The number of aromatic nitrogens is 1. The first-order valence-electron chi connectivity index (χ1n) is 30.3. The number of anilines is 9. The fourth-order valence-electron chi connectivity index (χ4n) is 14.1. The molecule has 0 spiro atoms. The molecule has 420 valence electrons. The van der Waals surface area contributed by atoms with E-state index in [-0.39, 0.29) is 23.0 Å². The van der Waals surface area contributed by atoms with Crippen molar-refractivity contribution in [2.45, 2.75) is 113 Å². The van der Waals surface area contributed by atoms with Gasteiger partial charge in [0.05, 0.1) is 16.7 Å². The third kappa shape index (κ3) is 8.89. The van der Waals surface area contributed by atoms with Crippen LogP contribution in [0.15, 0.2) is 205 Å². The molecule has 0 fully saturated rings. The summed E-state index contributed by atoms with van der Waals surface area (Å²) in [7, 11) is 0. The van der Waals surface area contributed by atoms with Crippen LogP contribution in [0.4, 0.5) is 51.2 Å².